The van der Waals surface area contributed by atoms with Crippen molar-refractivity contribution in [2.75, 3.05) is 0 Å². The Hall–Kier alpha value is -2.14. The van der Waals surface area contributed by atoms with Crippen LogP contribution in [0.3, 0.4) is 0 Å². The Balaban J connectivity index is 2.20. The number of allylic oxidation sites excluding steroid dienone is 1. The second-order valence-corrected chi connectivity index (χ2v) is 6.24. The van der Waals surface area contributed by atoms with Gasteiger partial charge < -0.3 is 9.84 Å². The standard InChI is InChI=1S/C18H23NO4/c1-4-8-14(20)12-16(21)19-15(18(2,3)23-17(19)22)11-13-9-6-5-7-10-13/h4-10,14-15,20H,11-12H2,1-3H3/b8-4+/t14-,15+/m1/s1. The fourth-order valence-electron chi connectivity index (χ4n) is 2.80. The minimum Gasteiger partial charge on any atom is -0.441 e. The summed E-state index contributed by atoms with van der Waals surface area (Å²) >= 11 is 0. The first-order chi connectivity index (χ1) is 10.8. The number of benzene rings is 1. The van der Waals surface area contributed by atoms with E-state index in [9.17, 15) is 14.7 Å². The van der Waals surface area contributed by atoms with E-state index in [-0.39, 0.29) is 6.42 Å². The molecule has 1 aliphatic rings. The molecule has 1 aliphatic heterocycles. The Morgan fingerprint density at radius 1 is 1.39 bits per heavy atom. The third kappa shape index (κ3) is 3.99. The van der Waals surface area contributed by atoms with Crippen molar-refractivity contribution in [2.24, 2.45) is 0 Å². The monoisotopic (exact) mass is 317 g/mol. The molecule has 0 unspecified atom stereocenters. The van der Waals surface area contributed by atoms with Gasteiger partial charge in [0.1, 0.15) is 5.60 Å². The van der Waals surface area contributed by atoms with E-state index in [1.165, 1.54) is 6.08 Å². The smallest absolute Gasteiger partial charge is 0.417 e. The normalized spacial score (nSPS) is 21.5. The average Bonchev–Trinajstić information content (AvgIpc) is 2.69. The van der Waals surface area contributed by atoms with Crippen molar-refractivity contribution >= 4 is 12.0 Å². The number of carbonyl (C=O) groups is 2. The molecule has 0 spiro atoms. The summed E-state index contributed by atoms with van der Waals surface area (Å²) in [5.41, 5.74) is 0.254. The molecule has 1 saturated heterocycles. The molecule has 124 valence electrons. The minimum absolute atomic E-state index is 0.138. The van der Waals surface area contributed by atoms with Gasteiger partial charge in [-0.2, -0.15) is 0 Å². The Morgan fingerprint density at radius 3 is 2.65 bits per heavy atom. The predicted octanol–water partition coefficient (Wildman–Crippen LogP) is 2.68. The summed E-state index contributed by atoms with van der Waals surface area (Å²) in [6.07, 6.45) is 2.03. The number of aliphatic hydroxyl groups is 1. The molecule has 1 aromatic rings. The third-order valence-electron chi connectivity index (χ3n) is 4.00. The van der Waals surface area contributed by atoms with Crippen LogP contribution >= 0.6 is 0 Å². The molecule has 1 N–H and O–H groups in total. The second kappa shape index (κ2) is 6.96. The van der Waals surface area contributed by atoms with Crippen LogP contribution in [0.15, 0.2) is 42.5 Å². The minimum atomic E-state index is -0.901. The largest absolute Gasteiger partial charge is 0.441 e. The van der Waals surface area contributed by atoms with Crippen molar-refractivity contribution in [3.63, 3.8) is 0 Å². The number of ether oxygens (including phenoxy) is 1. The molecule has 23 heavy (non-hydrogen) atoms. The molecule has 0 bridgehead atoms. The molecule has 2 rings (SSSR count). The van der Waals surface area contributed by atoms with E-state index in [4.69, 9.17) is 4.74 Å². The molecule has 5 nitrogen and oxygen atoms in total. The zero-order valence-corrected chi connectivity index (χ0v) is 13.7. The average molecular weight is 317 g/mol. The fourth-order valence-corrected chi connectivity index (χ4v) is 2.80. The van der Waals surface area contributed by atoms with Crippen LogP contribution in [-0.2, 0) is 16.0 Å². The SMILES string of the molecule is C/C=C/[C@@H](O)CC(=O)N1C(=O)OC(C)(C)[C@@H]1Cc1ccccc1. The third-order valence-corrected chi connectivity index (χ3v) is 4.00. The molecular weight excluding hydrogens is 294 g/mol. The van der Waals surface area contributed by atoms with Gasteiger partial charge >= 0.3 is 6.09 Å². The number of rotatable bonds is 5. The van der Waals surface area contributed by atoms with Gasteiger partial charge in [0, 0.05) is 0 Å². The van der Waals surface area contributed by atoms with E-state index in [1.54, 1.807) is 26.8 Å². The number of carbonyl (C=O) groups excluding carboxylic acids is 2. The number of nitrogens with zero attached hydrogens (tertiary/aromatic N) is 1. The topological polar surface area (TPSA) is 66.8 Å². The zero-order chi connectivity index (χ0) is 17.0. The van der Waals surface area contributed by atoms with Crippen molar-refractivity contribution in [3.05, 3.63) is 48.0 Å². The van der Waals surface area contributed by atoms with Crippen molar-refractivity contribution in [3.8, 4) is 0 Å². The number of imide groups is 1. The van der Waals surface area contributed by atoms with Gasteiger partial charge in [0.25, 0.3) is 0 Å². The highest BCUT2D eigenvalue weighted by molar-refractivity contribution is 5.94. The molecule has 2 amide bonds. The summed E-state index contributed by atoms with van der Waals surface area (Å²) in [6.45, 7) is 5.36. The van der Waals surface area contributed by atoms with Gasteiger partial charge in [-0.25, -0.2) is 9.69 Å². The first-order valence-electron chi connectivity index (χ1n) is 7.75. The number of aliphatic hydroxyl groups excluding tert-OH is 1. The summed E-state index contributed by atoms with van der Waals surface area (Å²) in [7, 11) is 0. The Kier molecular flexibility index (Phi) is 5.21. The van der Waals surface area contributed by atoms with Crippen molar-refractivity contribution in [1.29, 1.82) is 0 Å². The zero-order valence-electron chi connectivity index (χ0n) is 13.7. The molecule has 1 heterocycles. The van der Waals surface area contributed by atoms with Gasteiger partial charge in [-0.1, -0.05) is 42.5 Å². The quantitative estimate of drug-likeness (QED) is 0.848. The van der Waals surface area contributed by atoms with E-state index in [0.717, 1.165) is 10.5 Å². The molecule has 1 aromatic carbocycles. The van der Waals surface area contributed by atoms with Crippen LogP contribution < -0.4 is 0 Å². The van der Waals surface area contributed by atoms with Gasteiger partial charge in [-0.15, -0.1) is 0 Å². The molecule has 2 atom stereocenters. The van der Waals surface area contributed by atoms with E-state index >= 15 is 0 Å². The predicted molar refractivity (Wildman–Crippen MR) is 86.8 cm³/mol. The summed E-state index contributed by atoms with van der Waals surface area (Å²) in [5.74, 6) is -0.424. The Labute approximate surface area is 136 Å². The lowest BCUT2D eigenvalue weighted by Gasteiger charge is -2.28. The second-order valence-electron chi connectivity index (χ2n) is 6.24. The molecule has 0 radical (unpaired) electrons. The van der Waals surface area contributed by atoms with Crippen LogP contribution in [0, 0.1) is 0 Å². The van der Waals surface area contributed by atoms with Gasteiger partial charge in [0.2, 0.25) is 5.91 Å². The van der Waals surface area contributed by atoms with E-state index < -0.39 is 29.7 Å². The van der Waals surface area contributed by atoms with E-state index in [0.29, 0.717) is 6.42 Å². The summed E-state index contributed by atoms with van der Waals surface area (Å²) in [4.78, 5) is 25.8. The maximum Gasteiger partial charge on any atom is 0.417 e. The maximum absolute atomic E-state index is 12.5. The van der Waals surface area contributed by atoms with E-state index in [1.807, 2.05) is 30.3 Å². The van der Waals surface area contributed by atoms with Crippen LogP contribution in [0.5, 0.6) is 0 Å². The highest BCUT2D eigenvalue weighted by Gasteiger charge is 2.50. The van der Waals surface area contributed by atoms with Crippen LogP contribution in [0.1, 0.15) is 32.8 Å². The van der Waals surface area contributed by atoms with Crippen LogP contribution in [-0.4, -0.2) is 39.8 Å². The van der Waals surface area contributed by atoms with E-state index in [2.05, 4.69) is 0 Å². The molecule has 1 fully saturated rings. The number of hydrogen-bond acceptors (Lipinski definition) is 4. The lowest BCUT2D eigenvalue weighted by atomic mass is 9.92. The lowest BCUT2D eigenvalue weighted by molar-refractivity contribution is -0.131. The molecular formula is C18H23NO4. The van der Waals surface area contributed by atoms with Gasteiger partial charge in [0.15, 0.2) is 0 Å². The Morgan fingerprint density at radius 2 is 2.04 bits per heavy atom. The first kappa shape index (κ1) is 17.2. The van der Waals surface area contributed by atoms with Crippen LogP contribution in [0.2, 0.25) is 0 Å². The lowest BCUT2D eigenvalue weighted by Crippen LogP contribution is -2.46. The maximum atomic E-state index is 12.5. The van der Waals surface area contributed by atoms with Gasteiger partial charge in [-0.05, 0) is 32.8 Å². The molecule has 0 aliphatic carbocycles. The number of cyclic esters (lactones) is 1. The van der Waals surface area contributed by atoms with Crippen molar-refractivity contribution < 1.29 is 19.4 Å². The number of amides is 2. The van der Waals surface area contributed by atoms with Crippen molar-refractivity contribution in [1.82, 2.24) is 4.90 Å². The highest BCUT2D eigenvalue weighted by Crippen LogP contribution is 2.32. The molecule has 0 saturated carbocycles. The summed E-state index contributed by atoms with van der Waals surface area (Å²) < 4.78 is 5.38. The summed E-state index contributed by atoms with van der Waals surface area (Å²) in [6, 6.07) is 9.26. The van der Waals surface area contributed by atoms with Crippen LogP contribution in [0.25, 0.3) is 0 Å². The van der Waals surface area contributed by atoms with Gasteiger partial charge in [0.05, 0.1) is 18.6 Å². The summed E-state index contributed by atoms with van der Waals surface area (Å²) in [5, 5.41) is 9.79. The first-order valence-corrected chi connectivity index (χ1v) is 7.75. The van der Waals surface area contributed by atoms with Crippen LogP contribution in [0.4, 0.5) is 4.79 Å². The highest BCUT2D eigenvalue weighted by atomic mass is 16.6. The van der Waals surface area contributed by atoms with Gasteiger partial charge in [-0.3, -0.25) is 4.79 Å². The number of hydrogen-bond donors (Lipinski definition) is 1. The molecule has 0 aromatic heterocycles. The van der Waals surface area contributed by atoms with Crippen molar-refractivity contribution in [2.45, 2.75) is 51.4 Å². The Bertz CT molecular complexity index is 594. The fraction of sp³-hybridized carbons (Fsp3) is 0.444. The molecule has 5 heteroatoms.